The molecular weight excluding hydrogens is 371 g/mol. The monoisotopic (exact) mass is 390 g/mol. The van der Waals surface area contributed by atoms with Crippen LogP contribution in [0.1, 0.15) is 37.9 Å². The average molecular weight is 391 g/mol. The molecule has 0 aliphatic rings. The van der Waals surface area contributed by atoms with Gasteiger partial charge in [0, 0.05) is 6.54 Å². The Kier molecular flexibility index (Phi) is 6.59. The first-order valence-electron chi connectivity index (χ1n) is 8.24. The molecule has 0 radical (unpaired) electrons. The van der Waals surface area contributed by atoms with E-state index in [1.165, 1.54) is 0 Å². The number of carbonyl (C=O) groups excluding carboxylic acids is 1. The van der Waals surface area contributed by atoms with Gasteiger partial charge in [0.1, 0.15) is 16.8 Å². The molecule has 1 aromatic carbocycles. The Labute approximate surface area is 162 Å². The summed E-state index contributed by atoms with van der Waals surface area (Å²) >= 11 is 5.90. The molecule has 6 nitrogen and oxygen atoms in total. The predicted molar refractivity (Wildman–Crippen MR) is 101 cm³/mol. The standard InChI is InChI=1S/C19H20ClFN4O2/c1-19(2,3)27-18(26)23-11-15(12-7-5-4-6-8-12)24-17-14(21)9-13(10-22)16(20)25-17/h4-9,15H,11H2,1-3H3,(H,23,26)(H,24,25). The van der Waals surface area contributed by atoms with Crippen LogP contribution in [0.5, 0.6) is 0 Å². The normalized spacial score (nSPS) is 12.0. The highest BCUT2D eigenvalue weighted by Crippen LogP contribution is 2.24. The fourth-order valence-corrected chi connectivity index (χ4v) is 2.43. The van der Waals surface area contributed by atoms with Crippen molar-refractivity contribution >= 4 is 23.5 Å². The van der Waals surface area contributed by atoms with Crippen molar-refractivity contribution in [3.63, 3.8) is 0 Å². The third-order valence-corrected chi connectivity index (χ3v) is 3.70. The molecule has 0 spiro atoms. The number of anilines is 1. The number of amides is 1. The van der Waals surface area contributed by atoms with Crippen LogP contribution in [-0.2, 0) is 4.74 Å². The van der Waals surface area contributed by atoms with Gasteiger partial charge in [0.05, 0.1) is 11.6 Å². The number of nitriles is 1. The Morgan fingerprint density at radius 3 is 2.63 bits per heavy atom. The average Bonchev–Trinajstić information content (AvgIpc) is 2.60. The summed E-state index contributed by atoms with van der Waals surface area (Å²) in [5.74, 6) is -0.826. The maximum atomic E-state index is 14.3. The van der Waals surface area contributed by atoms with Crippen molar-refractivity contribution in [1.29, 1.82) is 5.26 Å². The first-order valence-corrected chi connectivity index (χ1v) is 8.62. The van der Waals surface area contributed by atoms with Crippen LogP contribution in [0.3, 0.4) is 0 Å². The van der Waals surface area contributed by atoms with E-state index in [4.69, 9.17) is 21.6 Å². The number of aromatic nitrogens is 1. The number of hydrogen-bond donors (Lipinski definition) is 2. The molecule has 1 unspecified atom stereocenters. The predicted octanol–water partition coefficient (Wildman–Crippen LogP) is 4.42. The van der Waals surface area contributed by atoms with Crippen LogP contribution in [0.15, 0.2) is 36.4 Å². The third-order valence-electron chi connectivity index (χ3n) is 3.41. The first-order chi connectivity index (χ1) is 12.7. The van der Waals surface area contributed by atoms with Gasteiger partial charge in [0.2, 0.25) is 0 Å². The van der Waals surface area contributed by atoms with Gasteiger partial charge in [-0.2, -0.15) is 5.26 Å². The maximum Gasteiger partial charge on any atom is 0.407 e. The lowest BCUT2D eigenvalue weighted by Crippen LogP contribution is -2.36. The van der Waals surface area contributed by atoms with Gasteiger partial charge in [-0.25, -0.2) is 14.2 Å². The largest absolute Gasteiger partial charge is 0.444 e. The van der Waals surface area contributed by atoms with Gasteiger partial charge >= 0.3 is 6.09 Å². The van der Waals surface area contributed by atoms with Crippen LogP contribution < -0.4 is 10.6 Å². The number of alkyl carbamates (subject to hydrolysis) is 1. The first kappa shape index (κ1) is 20.5. The zero-order valence-electron chi connectivity index (χ0n) is 15.2. The molecule has 0 aliphatic heterocycles. The second kappa shape index (κ2) is 8.69. The van der Waals surface area contributed by atoms with Crippen molar-refractivity contribution in [3.8, 4) is 6.07 Å². The summed E-state index contributed by atoms with van der Waals surface area (Å²) < 4.78 is 19.5. The number of carbonyl (C=O) groups is 1. The number of hydrogen-bond acceptors (Lipinski definition) is 5. The number of ether oxygens (including phenoxy) is 1. The lowest BCUT2D eigenvalue weighted by atomic mass is 10.1. The van der Waals surface area contributed by atoms with Gasteiger partial charge in [-0.3, -0.25) is 0 Å². The van der Waals surface area contributed by atoms with Gasteiger partial charge in [-0.1, -0.05) is 41.9 Å². The lowest BCUT2D eigenvalue weighted by molar-refractivity contribution is 0.0525. The van der Waals surface area contributed by atoms with E-state index in [0.29, 0.717) is 0 Å². The van der Waals surface area contributed by atoms with E-state index in [1.807, 2.05) is 30.3 Å². The molecule has 2 rings (SSSR count). The molecule has 2 N–H and O–H groups in total. The Bertz CT molecular complexity index is 847. The zero-order valence-corrected chi connectivity index (χ0v) is 16.0. The molecule has 0 fully saturated rings. The molecule has 0 bridgehead atoms. The topological polar surface area (TPSA) is 87.0 Å². The van der Waals surface area contributed by atoms with Crippen molar-refractivity contribution in [2.45, 2.75) is 32.4 Å². The minimum atomic E-state index is -0.714. The highest BCUT2D eigenvalue weighted by Gasteiger charge is 2.20. The fraction of sp³-hybridized carbons (Fsp3) is 0.316. The van der Waals surface area contributed by atoms with Crippen LogP contribution >= 0.6 is 11.6 Å². The van der Waals surface area contributed by atoms with E-state index in [2.05, 4.69) is 15.6 Å². The summed E-state index contributed by atoms with van der Waals surface area (Å²) in [6, 6.07) is 11.5. The van der Waals surface area contributed by atoms with Gasteiger partial charge in [0.15, 0.2) is 11.6 Å². The summed E-state index contributed by atoms with van der Waals surface area (Å²) in [5.41, 5.74) is 0.117. The maximum absolute atomic E-state index is 14.3. The summed E-state index contributed by atoms with van der Waals surface area (Å²) in [7, 11) is 0. The molecule has 142 valence electrons. The highest BCUT2D eigenvalue weighted by atomic mass is 35.5. The van der Waals surface area contributed by atoms with Crippen molar-refractivity contribution in [1.82, 2.24) is 10.3 Å². The van der Waals surface area contributed by atoms with Crippen LogP contribution in [0.2, 0.25) is 5.15 Å². The SMILES string of the molecule is CC(C)(C)OC(=O)NCC(Nc1nc(Cl)c(C#N)cc1F)c1ccccc1. The minimum Gasteiger partial charge on any atom is -0.444 e. The summed E-state index contributed by atoms with van der Waals surface area (Å²) in [5, 5.41) is 14.4. The van der Waals surface area contributed by atoms with Crippen LogP contribution in [0.4, 0.5) is 15.0 Å². The Balaban J connectivity index is 2.21. The zero-order chi connectivity index (χ0) is 20.0. The molecule has 0 saturated heterocycles. The van der Waals surface area contributed by atoms with Gasteiger partial charge in [-0.15, -0.1) is 0 Å². The third kappa shape index (κ3) is 6.12. The van der Waals surface area contributed by atoms with E-state index < -0.39 is 23.6 Å². The van der Waals surface area contributed by atoms with Crippen molar-refractivity contribution < 1.29 is 13.9 Å². The molecule has 1 heterocycles. The van der Waals surface area contributed by atoms with Gasteiger partial charge in [0.25, 0.3) is 0 Å². The molecule has 1 aromatic heterocycles. The van der Waals surface area contributed by atoms with E-state index >= 15 is 0 Å². The molecule has 27 heavy (non-hydrogen) atoms. The lowest BCUT2D eigenvalue weighted by Gasteiger charge is -2.23. The number of pyridine rings is 1. The molecule has 8 heteroatoms. The Hall–Kier alpha value is -2.85. The van der Waals surface area contributed by atoms with E-state index in [0.717, 1.165) is 11.6 Å². The Morgan fingerprint density at radius 2 is 2.04 bits per heavy atom. The number of halogens is 2. The van der Waals surface area contributed by atoms with Crippen molar-refractivity contribution in [2.75, 3.05) is 11.9 Å². The number of nitrogens with zero attached hydrogens (tertiary/aromatic N) is 2. The Morgan fingerprint density at radius 1 is 1.37 bits per heavy atom. The molecular formula is C19H20ClFN4O2. The van der Waals surface area contributed by atoms with E-state index in [-0.39, 0.29) is 23.1 Å². The molecule has 1 amide bonds. The number of nitrogens with one attached hydrogen (secondary N) is 2. The fourth-order valence-electron chi connectivity index (χ4n) is 2.25. The van der Waals surface area contributed by atoms with Gasteiger partial charge in [-0.05, 0) is 32.4 Å². The quantitative estimate of drug-likeness (QED) is 0.738. The second-order valence-electron chi connectivity index (χ2n) is 6.76. The minimum absolute atomic E-state index is 0.0529. The van der Waals surface area contributed by atoms with Crippen LogP contribution in [0.25, 0.3) is 0 Å². The second-order valence-corrected chi connectivity index (χ2v) is 7.12. The summed E-state index contributed by atoms with van der Waals surface area (Å²) in [6.45, 7) is 5.41. The number of benzene rings is 1. The molecule has 0 aliphatic carbocycles. The van der Waals surface area contributed by atoms with Crippen molar-refractivity contribution in [2.24, 2.45) is 0 Å². The van der Waals surface area contributed by atoms with Crippen LogP contribution in [-0.4, -0.2) is 23.2 Å². The molecule has 0 saturated carbocycles. The van der Waals surface area contributed by atoms with Crippen LogP contribution in [0, 0.1) is 17.1 Å². The van der Waals surface area contributed by atoms with E-state index in [1.54, 1.807) is 26.8 Å². The van der Waals surface area contributed by atoms with Gasteiger partial charge < -0.3 is 15.4 Å². The highest BCUT2D eigenvalue weighted by molar-refractivity contribution is 6.30. The smallest absolute Gasteiger partial charge is 0.407 e. The molecule has 1 atom stereocenters. The molecule has 2 aromatic rings. The van der Waals surface area contributed by atoms with Crippen molar-refractivity contribution in [3.05, 3.63) is 58.5 Å². The van der Waals surface area contributed by atoms with E-state index in [9.17, 15) is 9.18 Å². The summed E-state index contributed by atoms with van der Waals surface area (Å²) in [4.78, 5) is 15.9. The number of rotatable bonds is 5. The summed E-state index contributed by atoms with van der Waals surface area (Å²) in [6.07, 6.45) is -0.587.